The van der Waals surface area contributed by atoms with Crippen LogP contribution < -0.4 is 5.56 Å². The van der Waals surface area contributed by atoms with Crippen molar-refractivity contribution in [2.75, 3.05) is 0 Å². The fourth-order valence-electron chi connectivity index (χ4n) is 5.12. The highest BCUT2D eigenvalue weighted by molar-refractivity contribution is 5.89. The third kappa shape index (κ3) is 3.75. The summed E-state index contributed by atoms with van der Waals surface area (Å²) in [5, 5.41) is 7.98. The van der Waals surface area contributed by atoms with E-state index in [0.717, 1.165) is 38.8 Å². The molecule has 0 amide bonds. The number of benzene rings is 3. The topological polar surface area (TPSA) is 52.7 Å². The van der Waals surface area contributed by atoms with Crippen LogP contribution in [0, 0.1) is 34.6 Å². The fourth-order valence-corrected chi connectivity index (χ4v) is 5.12. The van der Waals surface area contributed by atoms with Crippen LogP contribution in [0.4, 0.5) is 0 Å². The zero-order chi connectivity index (χ0) is 25.8. The highest BCUT2D eigenvalue weighted by Crippen LogP contribution is 2.28. The van der Waals surface area contributed by atoms with Crippen molar-refractivity contribution in [2.45, 2.75) is 34.6 Å². The molecule has 0 aliphatic rings. The summed E-state index contributed by atoms with van der Waals surface area (Å²) in [7, 11) is 0. The van der Waals surface area contributed by atoms with Gasteiger partial charge in [-0.1, -0.05) is 36.4 Å². The van der Waals surface area contributed by atoms with Gasteiger partial charge < -0.3 is 0 Å². The Bertz CT molecular complexity index is 1890. The molecule has 3 aromatic carbocycles. The van der Waals surface area contributed by atoms with Gasteiger partial charge in [-0.05, 0) is 104 Å². The average Bonchev–Trinajstić information content (AvgIpc) is 3.22. The minimum Gasteiger partial charge on any atom is -0.266 e. The van der Waals surface area contributed by atoms with Crippen molar-refractivity contribution in [3.05, 3.63) is 117 Å². The lowest BCUT2D eigenvalue weighted by Crippen LogP contribution is -2.21. The van der Waals surface area contributed by atoms with Gasteiger partial charge in [0.1, 0.15) is 11.3 Å². The van der Waals surface area contributed by atoms with Crippen LogP contribution in [0.3, 0.4) is 0 Å². The molecule has 0 fully saturated rings. The van der Waals surface area contributed by atoms with Crippen LogP contribution in [-0.4, -0.2) is 19.3 Å². The number of rotatable bonds is 3. The highest BCUT2D eigenvalue weighted by atomic mass is 16.1. The van der Waals surface area contributed by atoms with Gasteiger partial charge in [0.05, 0.1) is 11.4 Å². The zero-order valence-electron chi connectivity index (χ0n) is 21.7. The molecule has 0 saturated carbocycles. The molecule has 182 valence electrons. The van der Waals surface area contributed by atoms with Crippen LogP contribution in [-0.2, 0) is 0 Å². The molecule has 0 aliphatic heterocycles. The molecule has 0 bridgehead atoms. The minimum atomic E-state index is -0.145. The molecule has 0 aliphatic carbocycles. The summed E-state index contributed by atoms with van der Waals surface area (Å²) in [6.07, 6.45) is 3.62. The first-order chi connectivity index (χ1) is 17.8. The maximum absolute atomic E-state index is 13.9. The fraction of sp³-hybridized carbons (Fsp3) is 0.156. The Labute approximate surface area is 215 Å². The van der Waals surface area contributed by atoms with E-state index in [-0.39, 0.29) is 5.56 Å². The normalized spacial score (nSPS) is 11.5. The molecule has 6 rings (SSSR count). The molecule has 3 aromatic heterocycles. The molecule has 6 aromatic rings. The lowest BCUT2D eigenvalue weighted by molar-refractivity contribution is 0.866. The van der Waals surface area contributed by atoms with Crippen molar-refractivity contribution in [2.24, 2.45) is 0 Å². The molecule has 0 unspecified atom stereocenters. The van der Waals surface area contributed by atoms with E-state index in [1.807, 2.05) is 43.5 Å². The second-order valence-electron chi connectivity index (χ2n) is 9.89. The molecule has 3 heterocycles. The van der Waals surface area contributed by atoms with E-state index in [0.29, 0.717) is 11.3 Å². The van der Waals surface area contributed by atoms with Crippen LogP contribution in [0.2, 0.25) is 0 Å². The van der Waals surface area contributed by atoms with E-state index < -0.39 is 0 Å². The summed E-state index contributed by atoms with van der Waals surface area (Å²) in [5.41, 5.74) is 9.06. The van der Waals surface area contributed by atoms with Crippen molar-refractivity contribution in [1.29, 1.82) is 0 Å². The monoisotopic (exact) mass is 484 g/mol. The van der Waals surface area contributed by atoms with Crippen LogP contribution in [0.25, 0.3) is 44.3 Å². The lowest BCUT2D eigenvalue weighted by atomic mass is 10.00. The number of hydrogen-bond acceptors (Lipinski definition) is 3. The molecular formula is C32H28N4O. The van der Waals surface area contributed by atoms with Gasteiger partial charge in [0.15, 0.2) is 0 Å². The van der Waals surface area contributed by atoms with E-state index >= 15 is 0 Å². The van der Waals surface area contributed by atoms with Crippen molar-refractivity contribution < 1.29 is 0 Å². The molecule has 0 N–H and O–H groups in total. The third-order valence-corrected chi connectivity index (χ3v) is 7.36. The SMILES string of the molecule is Cc1cc2cc(C)c(-n3nc(C)c4ccn(-c5ccc(-c6ccccc6C)cn5)c(=O)c43)cc2cc1C. The molecule has 37 heavy (non-hydrogen) atoms. The van der Waals surface area contributed by atoms with E-state index in [1.165, 1.54) is 22.1 Å². The van der Waals surface area contributed by atoms with Gasteiger partial charge in [-0.2, -0.15) is 5.10 Å². The van der Waals surface area contributed by atoms with E-state index in [9.17, 15) is 4.79 Å². The second-order valence-corrected chi connectivity index (χ2v) is 9.89. The Hall–Kier alpha value is -4.51. The number of aryl methyl sites for hydroxylation is 5. The Kier molecular flexibility index (Phi) is 5.30. The molecule has 0 radical (unpaired) electrons. The smallest absolute Gasteiger partial charge is 0.266 e. The summed E-state index contributed by atoms with van der Waals surface area (Å²) in [5.74, 6) is 0.580. The zero-order valence-corrected chi connectivity index (χ0v) is 21.7. The van der Waals surface area contributed by atoms with E-state index in [1.54, 1.807) is 15.4 Å². The van der Waals surface area contributed by atoms with Crippen molar-refractivity contribution >= 4 is 21.7 Å². The van der Waals surface area contributed by atoms with Crippen LogP contribution in [0.15, 0.2) is 83.9 Å². The number of fused-ring (bicyclic) bond motifs is 2. The predicted octanol–water partition coefficient (Wildman–Crippen LogP) is 6.93. The van der Waals surface area contributed by atoms with Gasteiger partial charge in [0.25, 0.3) is 5.56 Å². The Morgan fingerprint density at radius 3 is 2.14 bits per heavy atom. The van der Waals surface area contributed by atoms with Gasteiger partial charge >= 0.3 is 0 Å². The minimum absolute atomic E-state index is 0.145. The number of hydrogen-bond donors (Lipinski definition) is 0. The number of nitrogens with zero attached hydrogens (tertiary/aromatic N) is 4. The first-order valence-corrected chi connectivity index (χ1v) is 12.5. The summed E-state index contributed by atoms with van der Waals surface area (Å²) in [6, 6.07) is 22.8. The number of pyridine rings is 2. The first kappa shape index (κ1) is 22.9. The molecule has 0 atom stereocenters. The molecule has 5 heteroatoms. The second kappa shape index (κ2) is 8.56. The Balaban J connectivity index is 1.51. The molecule has 0 spiro atoms. The van der Waals surface area contributed by atoms with Gasteiger partial charge in [0.2, 0.25) is 0 Å². The standard InChI is InChI=1S/C32H28N4O/c1-19-8-6-7-9-27(19)24-10-11-30(33-18-24)35-13-12-28-23(5)34-36(31(28)32(35)37)29-17-26-15-21(3)20(2)14-25(26)16-22(29)4/h6-18H,1-5H3. The largest absolute Gasteiger partial charge is 0.282 e. The lowest BCUT2D eigenvalue weighted by Gasteiger charge is -2.12. The number of aromatic nitrogens is 4. The summed E-state index contributed by atoms with van der Waals surface area (Å²) in [4.78, 5) is 18.5. The van der Waals surface area contributed by atoms with Gasteiger partial charge in [0, 0.05) is 23.3 Å². The van der Waals surface area contributed by atoms with Crippen molar-refractivity contribution in [3.8, 4) is 22.6 Å². The van der Waals surface area contributed by atoms with Gasteiger partial charge in [-0.25, -0.2) is 9.67 Å². The third-order valence-electron chi connectivity index (χ3n) is 7.36. The van der Waals surface area contributed by atoms with Crippen molar-refractivity contribution in [3.63, 3.8) is 0 Å². The van der Waals surface area contributed by atoms with Gasteiger partial charge in [-0.15, -0.1) is 0 Å². The molecular weight excluding hydrogens is 456 g/mol. The predicted molar refractivity (Wildman–Crippen MR) is 151 cm³/mol. The first-order valence-electron chi connectivity index (χ1n) is 12.5. The van der Waals surface area contributed by atoms with E-state index in [4.69, 9.17) is 5.10 Å². The molecule has 0 saturated heterocycles. The highest BCUT2D eigenvalue weighted by Gasteiger charge is 2.17. The summed E-state index contributed by atoms with van der Waals surface area (Å²) >= 11 is 0. The summed E-state index contributed by atoms with van der Waals surface area (Å²) < 4.78 is 3.40. The van der Waals surface area contributed by atoms with E-state index in [2.05, 4.69) is 69.1 Å². The average molecular weight is 485 g/mol. The molecule has 5 nitrogen and oxygen atoms in total. The Morgan fingerprint density at radius 2 is 1.43 bits per heavy atom. The summed E-state index contributed by atoms with van der Waals surface area (Å²) in [6.45, 7) is 10.4. The maximum atomic E-state index is 13.9. The van der Waals surface area contributed by atoms with Crippen LogP contribution in [0.1, 0.15) is 27.9 Å². The van der Waals surface area contributed by atoms with Crippen LogP contribution >= 0.6 is 0 Å². The Morgan fingerprint density at radius 1 is 0.730 bits per heavy atom. The quantitative estimate of drug-likeness (QED) is 0.274. The van der Waals surface area contributed by atoms with Crippen LogP contribution in [0.5, 0.6) is 0 Å². The maximum Gasteiger partial charge on any atom is 0.282 e. The van der Waals surface area contributed by atoms with Gasteiger partial charge in [-0.3, -0.25) is 9.36 Å². The van der Waals surface area contributed by atoms with Crippen molar-refractivity contribution in [1.82, 2.24) is 19.3 Å².